The topological polar surface area (TPSA) is 37.6 Å². The van der Waals surface area contributed by atoms with Crippen molar-refractivity contribution in [2.24, 2.45) is 0 Å². The highest BCUT2D eigenvalue weighted by molar-refractivity contribution is 5.12. The lowest BCUT2D eigenvalue weighted by Gasteiger charge is -2.08. The van der Waals surface area contributed by atoms with E-state index >= 15 is 0 Å². The van der Waals surface area contributed by atoms with Crippen LogP contribution in [0.4, 0.5) is 0 Å². The van der Waals surface area contributed by atoms with Gasteiger partial charge >= 0.3 is 0 Å². The number of ether oxygens (including phenoxy) is 1. The second-order valence-corrected chi connectivity index (χ2v) is 5.29. The summed E-state index contributed by atoms with van der Waals surface area (Å²) in [6, 6.07) is 2.83. The summed E-state index contributed by atoms with van der Waals surface area (Å²) in [5, 5.41) is 3.47. The van der Waals surface area contributed by atoms with E-state index in [-0.39, 0.29) is 0 Å². The predicted octanol–water partition coefficient (Wildman–Crippen LogP) is 2.00. The molecule has 102 valence electrons. The fraction of sp³-hybridized carbons (Fsp3) is 0.714. The van der Waals surface area contributed by atoms with Gasteiger partial charge in [-0.1, -0.05) is 0 Å². The van der Waals surface area contributed by atoms with E-state index in [4.69, 9.17) is 9.15 Å². The Morgan fingerprint density at radius 3 is 3.00 bits per heavy atom. The third-order valence-corrected chi connectivity index (χ3v) is 3.02. The standard InChI is InChI=1S/C14H24N2O2/c1-16(2)6-3-7-17-11-14-8-12(10-18-14)9-15-13-4-5-13/h8,10,13,15H,3-7,9,11H2,1-2H3. The summed E-state index contributed by atoms with van der Waals surface area (Å²) in [6.45, 7) is 3.34. The van der Waals surface area contributed by atoms with Gasteiger partial charge in [0.2, 0.25) is 0 Å². The molecule has 0 aliphatic heterocycles. The second kappa shape index (κ2) is 6.92. The molecule has 2 rings (SSSR count). The van der Waals surface area contributed by atoms with Crippen LogP contribution in [0.1, 0.15) is 30.6 Å². The summed E-state index contributed by atoms with van der Waals surface area (Å²) < 4.78 is 11.1. The van der Waals surface area contributed by atoms with E-state index in [1.165, 1.54) is 18.4 Å². The molecule has 0 bridgehead atoms. The van der Waals surface area contributed by atoms with Crippen LogP contribution in [0, 0.1) is 0 Å². The maximum absolute atomic E-state index is 5.58. The molecular formula is C14H24N2O2. The van der Waals surface area contributed by atoms with Crippen LogP contribution < -0.4 is 5.32 Å². The molecule has 1 fully saturated rings. The van der Waals surface area contributed by atoms with Gasteiger partial charge in [0.15, 0.2) is 0 Å². The zero-order valence-electron chi connectivity index (χ0n) is 11.4. The Morgan fingerprint density at radius 2 is 2.28 bits per heavy atom. The van der Waals surface area contributed by atoms with Gasteiger partial charge in [0.05, 0.1) is 6.26 Å². The van der Waals surface area contributed by atoms with Crippen LogP contribution in [0.25, 0.3) is 0 Å². The quantitative estimate of drug-likeness (QED) is 0.682. The van der Waals surface area contributed by atoms with Crippen LogP contribution in [0.3, 0.4) is 0 Å². The Kier molecular flexibility index (Phi) is 5.23. The molecule has 0 aromatic carbocycles. The van der Waals surface area contributed by atoms with E-state index < -0.39 is 0 Å². The van der Waals surface area contributed by atoms with Crippen molar-refractivity contribution in [3.63, 3.8) is 0 Å². The minimum absolute atomic E-state index is 0.580. The van der Waals surface area contributed by atoms with Crippen LogP contribution in [0.5, 0.6) is 0 Å². The van der Waals surface area contributed by atoms with Crippen molar-refractivity contribution in [2.75, 3.05) is 27.2 Å². The van der Waals surface area contributed by atoms with Gasteiger partial charge < -0.3 is 19.4 Å². The number of furan rings is 1. The Balaban J connectivity index is 1.57. The fourth-order valence-electron chi connectivity index (χ4n) is 1.80. The molecule has 1 aromatic rings. The summed E-state index contributed by atoms with van der Waals surface area (Å²) >= 11 is 0. The molecule has 0 atom stereocenters. The van der Waals surface area contributed by atoms with Gasteiger partial charge in [0.1, 0.15) is 12.4 Å². The number of rotatable bonds is 9. The predicted molar refractivity (Wildman–Crippen MR) is 71.4 cm³/mol. The molecule has 0 radical (unpaired) electrons. The van der Waals surface area contributed by atoms with Crippen molar-refractivity contribution >= 4 is 0 Å². The van der Waals surface area contributed by atoms with Crippen LogP contribution in [0.15, 0.2) is 16.7 Å². The zero-order valence-corrected chi connectivity index (χ0v) is 11.4. The lowest BCUT2D eigenvalue weighted by molar-refractivity contribution is 0.0994. The normalized spacial score (nSPS) is 15.5. The van der Waals surface area contributed by atoms with Gasteiger partial charge in [0.25, 0.3) is 0 Å². The molecule has 1 saturated carbocycles. The van der Waals surface area contributed by atoms with Crippen molar-refractivity contribution in [3.05, 3.63) is 23.7 Å². The van der Waals surface area contributed by atoms with Crippen LogP contribution in [-0.2, 0) is 17.9 Å². The molecule has 1 aliphatic rings. The Bertz CT molecular complexity index is 345. The van der Waals surface area contributed by atoms with E-state index in [2.05, 4.69) is 30.4 Å². The lowest BCUT2D eigenvalue weighted by atomic mass is 10.3. The molecule has 4 nitrogen and oxygen atoms in total. The zero-order chi connectivity index (χ0) is 12.8. The average molecular weight is 252 g/mol. The van der Waals surface area contributed by atoms with Crippen LogP contribution >= 0.6 is 0 Å². The van der Waals surface area contributed by atoms with Gasteiger partial charge in [-0.25, -0.2) is 0 Å². The third-order valence-electron chi connectivity index (χ3n) is 3.02. The first kappa shape index (κ1) is 13.6. The van der Waals surface area contributed by atoms with Crippen LogP contribution in [0.2, 0.25) is 0 Å². The Morgan fingerprint density at radius 1 is 1.44 bits per heavy atom. The number of hydrogen-bond acceptors (Lipinski definition) is 4. The first-order chi connectivity index (χ1) is 8.74. The van der Waals surface area contributed by atoms with Crippen LogP contribution in [-0.4, -0.2) is 38.2 Å². The maximum Gasteiger partial charge on any atom is 0.129 e. The number of nitrogens with zero attached hydrogens (tertiary/aromatic N) is 1. The van der Waals surface area contributed by atoms with Gasteiger partial charge in [-0.2, -0.15) is 0 Å². The van der Waals surface area contributed by atoms with Gasteiger partial charge in [-0.15, -0.1) is 0 Å². The van der Waals surface area contributed by atoms with Gasteiger partial charge in [-0.3, -0.25) is 0 Å². The second-order valence-electron chi connectivity index (χ2n) is 5.29. The average Bonchev–Trinajstić information content (AvgIpc) is 3.06. The molecule has 0 unspecified atom stereocenters. The fourth-order valence-corrected chi connectivity index (χ4v) is 1.80. The van der Waals surface area contributed by atoms with Crippen molar-refractivity contribution in [1.29, 1.82) is 0 Å². The molecular weight excluding hydrogens is 228 g/mol. The molecule has 1 N–H and O–H groups in total. The largest absolute Gasteiger partial charge is 0.467 e. The first-order valence-corrected chi connectivity index (χ1v) is 6.76. The highest BCUT2D eigenvalue weighted by atomic mass is 16.5. The third kappa shape index (κ3) is 5.21. The maximum atomic E-state index is 5.58. The van der Waals surface area contributed by atoms with E-state index in [1.807, 2.05) is 6.26 Å². The van der Waals surface area contributed by atoms with E-state index in [0.29, 0.717) is 6.61 Å². The molecule has 0 saturated heterocycles. The van der Waals surface area contributed by atoms with E-state index in [0.717, 1.165) is 37.9 Å². The highest BCUT2D eigenvalue weighted by Crippen LogP contribution is 2.19. The molecule has 1 heterocycles. The minimum atomic E-state index is 0.580. The number of hydrogen-bond donors (Lipinski definition) is 1. The highest BCUT2D eigenvalue weighted by Gasteiger charge is 2.20. The molecule has 0 amide bonds. The molecule has 1 aromatic heterocycles. The van der Waals surface area contributed by atoms with Gasteiger partial charge in [0, 0.05) is 24.8 Å². The molecule has 18 heavy (non-hydrogen) atoms. The summed E-state index contributed by atoms with van der Waals surface area (Å²) in [5.74, 6) is 0.924. The summed E-state index contributed by atoms with van der Waals surface area (Å²) in [4.78, 5) is 2.16. The van der Waals surface area contributed by atoms with E-state index in [1.54, 1.807) is 0 Å². The monoisotopic (exact) mass is 252 g/mol. The number of nitrogens with one attached hydrogen (secondary N) is 1. The Hall–Kier alpha value is -0.840. The smallest absolute Gasteiger partial charge is 0.129 e. The van der Waals surface area contributed by atoms with Crippen molar-refractivity contribution in [3.8, 4) is 0 Å². The van der Waals surface area contributed by atoms with Crippen molar-refractivity contribution < 1.29 is 9.15 Å². The first-order valence-electron chi connectivity index (χ1n) is 6.76. The molecule has 0 spiro atoms. The lowest BCUT2D eigenvalue weighted by Crippen LogP contribution is -2.14. The Labute approximate surface area is 109 Å². The van der Waals surface area contributed by atoms with E-state index in [9.17, 15) is 0 Å². The van der Waals surface area contributed by atoms with Crippen molar-refractivity contribution in [2.45, 2.75) is 38.5 Å². The minimum Gasteiger partial charge on any atom is -0.467 e. The summed E-state index contributed by atoms with van der Waals surface area (Å²) in [5.41, 5.74) is 1.22. The summed E-state index contributed by atoms with van der Waals surface area (Å²) in [6.07, 6.45) is 5.52. The SMILES string of the molecule is CN(C)CCCOCc1cc(CNC2CC2)co1. The van der Waals surface area contributed by atoms with Gasteiger partial charge in [-0.05, 0) is 46.0 Å². The molecule has 1 aliphatic carbocycles. The summed E-state index contributed by atoms with van der Waals surface area (Å²) in [7, 11) is 4.15. The molecule has 4 heteroatoms. The van der Waals surface area contributed by atoms with Crippen molar-refractivity contribution in [1.82, 2.24) is 10.2 Å².